The maximum atomic E-state index is 13.1. The van der Waals surface area contributed by atoms with Crippen molar-refractivity contribution in [2.24, 2.45) is 5.92 Å². The molecule has 0 saturated carbocycles. The molecule has 1 heterocycles. The minimum atomic E-state index is -0.959. The fourth-order valence-electron chi connectivity index (χ4n) is 3.50. The number of hydrogen-bond donors (Lipinski definition) is 2. The molecule has 2 aromatic rings. The van der Waals surface area contributed by atoms with E-state index in [0.717, 1.165) is 4.90 Å². The normalized spacial score (nSPS) is 13.9. The number of benzene rings is 2. The van der Waals surface area contributed by atoms with E-state index < -0.39 is 23.8 Å². The zero-order valence-corrected chi connectivity index (χ0v) is 17.7. The van der Waals surface area contributed by atoms with Crippen LogP contribution in [-0.2, 0) is 14.3 Å². The average molecular weight is 423 g/mol. The van der Waals surface area contributed by atoms with Crippen LogP contribution in [0.2, 0.25) is 0 Å². The number of imide groups is 1. The van der Waals surface area contributed by atoms with Crippen LogP contribution in [0.15, 0.2) is 48.5 Å². The van der Waals surface area contributed by atoms with Crippen molar-refractivity contribution >= 4 is 35.0 Å². The van der Waals surface area contributed by atoms with Gasteiger partial charge in [-0.15, -0.1) is 0 Å². The molecule has 0 radical (unpaired) electrons. The largest absolute Gasteiger partial charge is 0.375 e. The van der Waals surface area contributed by atoms with E-state index in [-0.39, 0.29) is 18.4 Å². The predicted octanol–water partition coefficient (Wildman–Crippen LogP) is 2.92. The summed E-state index contributed by atoms with van der Waals surface area (Å²) in [4.78, 5) is 51.7. The lowest BCUT2D eigenvalue weighted by atomic mass is 10.0. The van der Waals surface area contributed by atoms with E-state index in [4.69, 9.17) is 4.74 Å². The molecule has 1 aliphatic heterocycles. The molecule has 2 N–H and O–H groups in total. The second-order valence-corrected chi connectivity index (χ2v) is 7.72. The van der Waals surface area contributed by atoms with Gasteiger partial charge in [0.15, 0.2) is 0 Å². The first-order valence-electron chi connectivity index (χ1n) is 9.98. The van der Waals surface area contributed by atoms with Crippen LogP contribution in [0, 0.1) is 5.92 Å². The van der Waals surface area contributed by atoms with Crippen LogP contribution in [0.4, 0.5) is 11.4 Å². The second-order valence-electron chi connectivity index (χ2n) is 7.72. The predicted molar refractivity (Wildman–Crippen MR) is 116 cm³/mol. The van der Waals surface area contributed by atoms with Gasteiger partial charge in [0.25, 0.3) is 11.8 Å². The van der Waals surface area contributed by atoms with E-state index in [0.29, 0.717) is 28.9 Å². The Morgan fingerprint density at radius 2 is 1.52 bits per heavy atom. The Labute approximate surface area is 180 Å². The first kappa shape index (κ1) is 22.2. The van der Waals surface area contributed by atoms with Gasteiger partial charge in [-0.25, -0.2) is 0 Å². The molecule has 8 heteroatoms. The first-order valence-corrected chi connectivity index (χ1v) is 9.98. The average Bonchev–Trinajstić information content (AvgIpc) is 2.97. The molecule has 0 aliphatic carbocycles. The van der Waals surface area contributed by atoms with E-state index in [9.17, 15) is 19.2 Å². The maximum absolute atomic E-state index is 13.1. The molecule has 2 aromatic carbocycles. The van der Waals surface area contributed by atoms with Gasteiger partial charge >= 0.3 is 0 Å². The highest BCUT2D eigenvalue weighted by molar-refractivity contribution is 6.23. The van der Waals surface area contributed by atoms with Crippen LogP contribution in [0.1, 0.15) is 41.0 Å². The molecule has 1 unspecified atom stereocenters. The van der Waals surface area contributed by atoms with Gasteiger partial charge in [0.2, 0.25) is 11.8 Å². The van der Waals surface area contributed by atoms with Gasteiger partial charge in [0, 0.05) is 18.5 Å². The number of carbonyl (C=O) groups excluding carboxylic acids is 4. The molecule has 1 atom stereocenters. The highest BCUT2D eigenvalue weighted by Gasteiger charge is 2.42. The Morgan fingerprint density at radius 3 is 2.06 bits per heavy atom. The summed E-state index contributed by atoms with van der Waals surface area (Å²) in [6.07, 6.45) is 0.321. The van der Waals surface area contributed by atoms with Crippen LogP contribution in [-0.4, -0.2) is 48.3 Å². The van der Waals surface area contributed by atoms with Gasteiger partial charge in [-0.3, -0.25) is 24.1 Å². The lowest BCUT2D eigenvalue weighted by Crippen LogP contribution is -2.47. The van der Waals surface area contributed by atoms with Crippen molar-refractivity contribution in [3.05, 3.63) is 59.7 Å². The van der Waals surface area contributed by atoms with E-state index in [1.165, 1.54) is 7.11 Å². The number of carbonyl (C=O) groups is 4. The van der Waals surface area contributed by atoms with E-state index in [2.05, 4.69) is 10.6 Å². The molecule has 0 aromatic heterocycles. The van der Waals surface area contributed by atoms with Crippen molar-refractivity contribution in [2.45, 2.75) is 26.3 Å². The number of nitrogens with one attached hydrogen (secondary N) is 2. The number of amides is 4. The summed E-state index contributed by atoms with van der Waals surface area (Å²) in [6, 6.07) is 12.2. The van der Waals surface area contributed by atoms with Crippen LogP contribution in [0.3, 0.4) is 0 Å². The third kappa shape index (κ3) is 4.97. The summed E-state index contributed by atoms with van der Waals surface area (Å²) in [5.74, 6) is -1.66. The zero-order chi connectivity index (χ0) is 22.5. The molecule has 162 valence electrons. The monoisotopic (exact) mass is 423 g/mol. The minimum absolute atomic E-state index is 0.0692. The summed E-state index contributed by atoms with van der Waals surface area (Å²) in [5.41, 5.74) is 1.53. The molecular formula is C23H25N3O5. The van der Waals surface area contributed by atoms with Crippen molar-refractivity contribution in [3.63, 3.8) is 0 Å². The van der Waals surface area contributed by atoms with Gasteiger partial charge in [-0.1, -0.05) is 32.0 Å². The number of ether oxygens (including phenoxy) is 1. The molecule has 3 rings (SSSR count). The Bertz CT molecular complexity index is 983. The number of nitrogens with zero attached hydrogens (tertiary/aromatic N) is 1. The second kappa shape index (κ2) is 9.53. The van der Waals surface area contributed by atoms with Gasteiger partial charge in [-0.05, 0) is 42.7 Å². The quantitative estimate of drug-likeness (QED) is 0.635. The Hall–Kier alpha value is -3.52. The van der Waals surface area contributed by atoms with Crippen molar-refractivity contribution in [1.29, 1.82) is 0 Å². The topological polar surface area (TPSA) is 105 Å². The minimum Gasteiger partial charge on any atom is -0.375 e. The Morgan fingerprint density at radius 1 is 0.935 bits per heavy atom. The fourth-order valence-corrected chi connectivity index (χ4v) is 3.50. The first-order chi connectivity index (χ1) is 14.8. The van der Waals surface area contributed by atoms with E-state index >= 15 is 0 Å². The number of hydrogen-bond acceptors (Lipinski definition) is 5. The zero-order valence-electron chi connectivity index (χ0n) is 17.7. The number of methoxy groups -OCH3 is 1. The maximum Gasteiger partial charge on any atom is 0.262 e. The molecule has 0 fully saturated rings. The third-order valence-corrected chi connectivity index (χ3v) is 4.82. The van der Waals surface area contributed by atoms with Crippen LogP contribution < -0.4 is 10.6 Å². The molecule has 0 bridgehead atoms. The lowest BCUT2D eigenvalue weighted by Gasteiger charge is -2.26. The molecule has 0 saturated heterocycles. The Kier molecular flexibility index (Phi) is 6.81. The molecule has 0 spiro atoms. The van der Waals surface area contributed by atoms with Gasteiger partial charge < -0.3 is 15.4 Å². The molecule has 4 amide bonds. The smallest absolute Gasteiger partial charge is 0.262 e. The van der Waals surface area contributed by atoms with Crippen molar-refractivity contribution in [1.82, 2.24) is 4.90 Å². The van der Waals surface area contributed by atoms with E-state index in [1.807, 2.05) is 13.8 Å². The number of fused-ring (bicyclic) bond motifs is 1. The highest BCUT2D eigenvalue weighted by atomic mass is 16.5. The lowest BCUT2D eigenvalue weighted by molar-refractivity contribution is -0.120. The van der Waals surface area contributed by atoms with Gasteiger partial charge in [-0.2, -0.15) is 0 Å². The summed E-state index contributed by atoms with van der Waals surface area (Å²) in [7, 11) is 1.42. The Balaban J connectivity index is 1.81. The van der Waals surface area contributed by atoms with Gasteiger partial charge in [0.1, 0.15) is 12.6 Å². The summed E-state index contributed by atoms with van der Waals surface area (Å²) < 4.78 is 4.79. The standard InChI is InChI=1S/C23H25N3O5/c1-14(2)11-19(26-22(29)17-9-4-5-10-18(17)23(26)30)21(28)25-16-8-6-7-15(12-16)24-20(27)13-31-3/h4-10,12,14,19H,11,13H2,1-3H3,(H,24,27)(H,25,28). The molecular weight excluding hydrogens is 398 g/mol. The van der Waals surface area contributed by atoms with Crippen LogP contribution >= 0.6 is 0 Å². The molecule has 1 aliphatic rings. The SMILES string of the molecule is COCC(=O)Nc1cccc(NC(=O)C(CC(C)C)N2C(=O)c3ccccc3C2=O)c1. The molecule has 8 nitrogen and oxygen atoms in total. The van der Waals surface area contributed by atoms with Crippen LogP contribution in [0.5, 0.6) is 0 Å². The summed E-state index contributed by atoms with van der Waals surface area (Å²) in [5, 5.41) is 5.44. The highest BCUT2D eigenvalue weighted by Crippen LogP contribution is 2.28. The van der Waals surface area contributed by atoms with Crippen molar-refractivity contribution in [2.75, 3.05) is 24.4 Å². The number of anilines is 2. The van der Waals surface area contributed by atoms with Crippen molar-refractivity contribution in [3.8, 4) is 0 Å². The van der Waals surface area contributed by atoms with E-state index in [1.54, 1.807) is 48.5 Å². The van der Waals surface area contributed by atoms with Gasteiger partial charge in [0.05, 0.1) is 11.1 Å². The summed E-state index contributed by atoms with van der Waals surface area (Å²) >= 11 is 0. The summed E-state index contributed by atoms with van der Waals surface area (Å²) in [6.45, 7) is 3.75. The number of rotatable bonds is 8. The third-order valence-electron chi connectivity index (χ3n) is 4.82. The van der Waals surface area contributed by atoms with Crippen molar-refractivity contribution < 1.29 is 23.9 Å². The van der Waals surface area contributed by atoms with Crippen LogP contribution in [0.25, 0.3) is 0 Å². The fraction of sp³-hybridized carbons (Fsp3) is 0.304. The molecule has 31 heavy (non-hydrogen) atoms.